The lowest BCUT2D eigenvalue weighted by atomic mass is 10.2. The minimum Gasteiger partial charge on any atom is -0.202 e. The van der Waals surface area contributed by atoms with Crippen molar-refractivity contribution in [3.8, 4) is 0 Å². The minimum atomic E-state index is -3.24. The quantitative estimate of drug-likeness (QED) is 0.723. The molecule has 1 rings (SSSR count). The molecule has 1 aliphatic heterocycles. The van der Waals surface area contributed by atoms with Crippen LogP contribution < -0.4 is 4.72 Å². The summed E-state index contributed by atoms with van der Waals surface area (Å²) in [6.07, 6.45) is 1.93. The highest BCUT2D eigenvalue weighted by molar-refractivity contribution is 7.87. The van der Waals surface area contributed by atoms with E-state index in [1.165, 1.54) is 4.31 Å². The standard InChI is InChI=1S/C8H17ClN2O2S/c1-8(6-9)7-10-14(12,13)11-4-2-3-5-11/h8,10H,2-7H2,1H3. The largest absolute Gasteiger partial charge is 0.279 e. The first kappa shape index (κ1) is 12.2. The second kappa shape index (κ2) is 5.30. The predicted molar refractivity (Wildman–Crippen MR) is 57.6 cm³/mol. The molecule has 0 amide bonds. The summed E-state index contributed by atoms with van der Waals surface area (Å²) in [6.45, 7) is 3.62. The Morgan fingerprint density at radius 3 is 2.50 bits per heavy atom. The predicted octanol–water partition coefficient (Wildman–Crippen LogP) is 0.791. The van der Waals surface area contributed by atoms with Crippen molar-refractivity contribution in [2.75, 3.05) is 25.5 Å². The molecule has 1 heterocycles. The molecule has 1 unspecified atom stereocenters. The van der Waals surface area contributed by atoms with Gasteiger partial charge in [-0.05, 0) is 18.8 Å². The minimum absolute atomic E-state index is 0.175. The Morgan fingerprint density at radius 2 is 2.00 bits per heavy atom. The Hall–Kier alpha value is 0.160. The molecule has 1 N–H and O–H groups in total. The SMILES string of the molecule is CC(CCl)CNS(=O)(=O)N1CCCC1. The summed E-state index contributed by atoms with van der Waals surface area (Å²) < 4.78 is 27.3. The zero-order valence-electron chi connectivity index (χ0n) is 8.37. The number of nitrogens with zero attached hydrogens (tertiary/aromatic N) is 1. The van der Waals surface area contributed by atoms with Gasteiger partial charge in [-0.1, -0.05) is 6.92 Å². The molecule has 4 nitrogen and oxygen atoms in total. The van der Waals surface area contributed by atoms with Crippen molar-refractivity contribution in [3.63, 3.8) is 0 Å². The summed E-state index contributed by atoms with van der Waals surface area (Å²) in [7, 11) is -3.24. The summed E-state index contributed by atoms with van der Waals surface area (Å²) in [5, 5.41) is 0. The van der Waals surface area contributed by atoms with Gasteiger partial charge < -0.3 is 0 Å². The Labute approximate surface area is 90.8 Å². The topological polar surface area (TPSA) is 49.4 Å². The fourth-order valence-electron chi connectivity index (χ4n) is 1.32. The molecule has 84 valence electrons. The molecule has 0 bridgehead atoms. The van der Waals surface area contributed by atoms with Gasteiger partial charge in [-0.2, -0.15) is 12.7 Å². The van der Waals surface area contributed by atoms with Gasteiger partial charge in [-0.3, -0.25) is 0 Å². The molecule has 6 heteroatoms. The summed E-state index contributed by atoms with van der Waals surface area (Å²) in [5.74, 6) is 0.650. The van der Waals surface area contributed by atoms with Gasteiger partial charge in [0.1, 0.15) is 0 Å². The van der Waals surface area contributed by atoms with Crippen LogP contribution in [0.3, 0.4) is 0 Å². The van der Waals surface area contributed by atoms with E-state index < -0.39 is 10.2 Å². The van der Waals surface area contributed by atoms with E-state index in [2.05, 4.69) is 4.72 Å². The van der Waals surface area contributed by atoms with E-state index in [4.69, 9.17) is 11.6 Å². The number of alkyl halides is 1. The fraction of sp³-hybridized carbons (Fsp3) is 1.00. The van der Waals surface area contributed by atoms with Gasteiger partial charge in [0, 0.05) is 25.5 Å². The third-order valence-electron chi connectivity index (χ3n) is 2.28. The fourth-order valence-corrected chi connectivity index (χ4v) is 2.85. The number of hydrogen-bond acceptors (Lipinski definition) is 2. The van der Waals surface area contributed by atoms with Crippen molar-refractivity contribution < 1.29 is 8.42 Å². The van der Waals surface area contributed by atoms with E-state index in [9.17, 15) is 8.42 Å². The summed E-state index contributed by atoms with van der Waals surface area (Å²) >= 11 is 5.59. The Balaban J connectivity index is 2.41. The molecule has 1 saturated heterocycles. The van der Waals surface area contributed by atoms with E-state index in [1.807, 2.05) is 6.92 Å². The van der Waals surface area contributed by atoms with Crippen LogP contribution in [-0.2, 0) is 10.2 Å². The first-order chi connectivity index (χ1) is 6.56. The Morgan fingerprint density at radius 1 is 1.43 bits per heavy atom. The van der Waals surface area contributed by atoms with E-state index in [1.54, 1.807) is 0 Å². The second-order valence-electron chi connectivity index (χ2n) is 3.72. The second-order valence-corrected chi connectivity index (χ2v) is 5.78. The van der Waals surface area contributed by atoms with Crippen LogP contribution in [0.15, 0.2) is 0 Å². The van der Waals surface area contributed by atoms with Crippen molar-refractivity contribution in [3.05, 3.63) is 0 Å². The van der Waals surface area contributed by atoms with Crippen LogP contribution in [0.2, 0.25) is 0 Å². The molecule has 0 saturated carbocycles. The van der Waals surface area contributed by atoms with Gasteiger partial charge >= 0.3 is 0 Å². The zero-order chi connectivity index (χ0) is 10.6. The van der Waals surface area contributed by atoms with Crippen LogP contribution in [0.4, 0.5) is 0 Å². The number of rotatable bonds is 5. The van der Waals surface area contributed by atoms with Crippen molar-refractivity contribution in [1.82, 2.24) is 9.03 Å². The Kier molecular flexibility index (Phi) is 4.63. The third-order valence-corrected chi connectivity index (χ3v) is 4.39. The summed E-state index contributed by atoms with van der Waals surface area (Å²) in [5.41, 5.74) is 0. The molecule has 0 aliphatic carbocycles. The van der Waals surface area contributed by atoms with Gasteiger partial charge in [-0.25, -0.2) is 4.72 Å². The van der Waals surface area contributed by atoms with E-state index >= 15 is 0 Å². The van der Waals surface area contributed by atoms with Gasteiger partial charge in [0.2, 0.25) is 0 Å². The normalized spacial score (nSPS) is 21.3. The maximum absolute atomic E-state index is 11.6. The van der Waals surface area contributed by atoms with E-state index in [-0.39, 0.29) is 5.92 Å². The molecule has 1 aliphatic rings. The van der Waals surface area contributed by atoms with Gasteiger partial charge in [0.05, 0.1) is 0 Å². The molecule has 0 aromatic carbocycles. The third kappa shape index (κ3) is 3.38. The highest BCUT2D eigenvalue weighted by Crippen LogP contribution is 2.11. The number of nitrogens with one attached hydrogen (secondary N) is 1. The molecule has 0 aromatic rings. The lowest BCUT2D eigenvalue weighted by molar-refractivity contribution is 0.458. The molecule has 1 atom stereocenters. The maximum Gasteiger partial charge on any atom is 0.279 e. The highest BCUT2D eigenvalue weighted by atomic mass is 35.5. The molecular formula is C8H17ClN2O2S. The highest BCUT2D eigenvalue weighted by Gasteiger charge is 2.24. The summed E-state index contributed by atoms with van der Waals surface area (Å²) in [4.78, 5) is 0. The molecule has 0 radical (unpaired) electrons. The number of halogens is 1. The van der Waals surface area contributed by atoms with Gasteiger partial charge in [0.15, 0.2) is 0 Å². The number of hydrogen-bond donors (Lipinski definition) is 1. The van der Waals surface area contributed by atoms with Gasteiger partial charge in [0.25, 0.3) is 10.2 Å². The summed E-state index contributed by atoms with van der Waals surface area (Å²) in [6, 6.07) is 0. The van der Waals surface area contributed by atoms with Crippen molar-refractivity contribution in [1.29, 1.82) is 0 Å². The van der Waals surface area contributed by atoms with Crippen molar-refractivity contribution >= 4 is 21.8 Å². The van der Waals surface area contributed by atoms with Crippen LogP contribution in [0.5, 0.6) is 0 Å². The molecule has 14 heavy (non-hydrogen) atoms. The monoisotopic (exact) mass is 240 g/mol. The van der Waals surface area contributed by atoms with Crippen LogP contribution in [0.1, 0.15) is 19.8 Å². The van der Waals surface area contributed by atoms with Gasteiger partial charge in [-0.15, -0.1) is 11.6 Å². The van der Waals surface area contributed by atoms with E-state index in [0.29, 0.717) is 25.5 Å². The van der Waals surface area contributed by atoms with Crippen LogP contribution in [0.25, 0.3) is 0 Å². The Bertz CT molecular complexity index is 263. The van der Waals surface area contributed by atoms with E-state index in [0.717, 1.165) is 12.8 Å². The van der Waals surface area contributed by atoms with Crippen LogP contribution in [0, 0.1) is 5.92 Å². The zero-order valence-corrected chi connectivity index (χ0v) is 9.94. The molecule has 0 spiro atoms. The lowest BCUT2D eigenvalue weighted by Crippen LogP contribution is -2.40. The van der Waals surface area contributed by atoms with Crippen LogP contribution in [-0.4, -0.2) is 38.2 Å². The average Bonchev–Trinajstić information content (AvgIpc) is 2.67. The molecule has 1 fully saturated rings. The molecular weight excluding hydrogens is 224 g/mol. The average molecular weight is 241 g/mol. The lowest BCUT2D eigenvalue weighted by Gasteiger charge is -2.17. The first-order valence-corrected chi connectivity index (χ1v) is 6.84. The van der Waals surface area contributed by atoms with Crippen molar-refractivity contribution in [2.45, 2.75) is 19.8 Å². The maximum atomic E-state index is 11.6. The first-order valence-electron chi connectivity index (χ1n) is 4.87. The van der Waals surface area contributed by atoms with Crippen LogP contribution >= 0.6 is 11.6 Å². The molecule has 0 aromatic heterocycles. The van der Waals surface area contributed by atoms with Crippen molar-refractivity contribution in [2.24, 2.45) is 5.92 Å². The smallest absolute Gasteiger partial charge is 0.202 e.